The monoisotopic (exact) mass is 774 g/mol. The van der Waals surface area contributed by atoms with Gasteiger partial charge in [-0.25, -0.2) is 9.59 Å². The molecule has 5 unspecified atom stereocenters. The molecule has 0 fully saturated rings. The maximum absolute atomic E-state index is 13.6. The quantitative estimate of drug-likeness (QED) is 0.0638. The molecule has 2 rings (SSSR count). The number of nitrogens with two attached hydrogens (primary N) is 5. The van der Waals surface area contributed by atoms with Crippen molar-refractivity contribution in [2.75, 3.05) is 0 Å². The first-order valence-corrected chi connectivity index (χ1v) is 15.1. The maximum Gasteiger partial charge on any atom is 0.490 e. The van der Waals surface area contributed by atoms with Gasteiger partial charge in [0.2, 0.25) is 47.3 Å². The molecule has 1 aromatic heterocycles. The number of carbonyl (C=O) groups is 10. The zero-order valence-electron chi connectivity index (χ0n) is 27.8. The average molecular weight is 775 g/mol. The second kappa shape index (κ2) is 20.3. The lowest BCUT2D eigenvalue weighted by atomic mass is 10.0. The lowest BCUT2D eigenvalue weighted by Gasteiger charge is -2.26. The van der Waals surface area contributed by atoms with Gasteiger partial charge < -0.3 is 65.1 Å². The number of rotatable bonds is 19. The molecule has 1 heterocycles. The number of carboxylic acid groups (broad SMARTS) is 2. The topological polar surface area (TPSA) is 405 Å². The van der Waals surface area contributed by atoms with Crippen molar-refractivity contribution >= 4 is 70.1 Å². The van der Waals surface area contributed by atoms with Gasteiger partial charge in [-0.1, -0.05) is 18.2 Å². The second-order valence-electron chi connectivity index (χ2n) is 11.2. The Kier molecular flexibility index (Phi) is 17.0. The van der Waals surface area contributed by atoms with Crippen molar-refractivity contribution in [2.45, 2.75) is 68.5 Å². The third-order valence-electron chi connectivity index (χ3n) is 6.83. The molecule has 0 aliphatic heterocycles. The largest absolute Gasteiger partial charge is 0.490 e. The molecule has 0 radical (unpaired) electrons. The van der Waals surface area contributed by atoms with E-state index in [-0.39, 0.29) is 6.42 Å². The van der Waals surface area contributed by atoms with Crippen LogP contribution in [-0.4, -0.2) is 111 Å². The van der Waals surface area contributed by atoms with Crippen molar-refractivity contribution in [2.24, 2.45) is 28.7 Å². The van der Waals surface area contributed by atoms with Gasteiger partial charge in [-0.15, -0.1) is 0 Å². The number of amides is 8. The molecular formula is C29H37F3N10O12. The Morgan fingerprint density at radius 1 is 0.630 bits per heavy atom. The van der Waals surface area contributed by atoms with Crippen LogP contribution in [0.15, 0.2) is 30.5 Å². The van der Waals surface area contributed by atoms with E-state index < -0.39 is 121 Å². The number of benzene rings is 1. The zero-order chi connectivity index (χ0) is 41.5. The van der Waals surface area contributed by atoms with Crippen LogP contribution in [0.5, 0.6) is 0 Å². The van der Waals surface area contributed by atoms with Gasteiger partial charge in [-0.05, 0) is 11.6 Å². The van der Waals surface area contributed by atoms with E-state index in [1.807, 2.05) is 5.32 Å². The van der Waals surface area contributed by atoms with Gasteiger partial charge in [0.25, 0.3) is 0 Å². The first-order valence-electron chi connectivity index (χ1n) is 15.1. The Hall–Kier alpha value is -6.79. The molecule has 2 aromatic rings. The Labute approximate surface area is 301 Å². The van der Waals surface area contributed by atoms with E-state index in [0.29, 0.717) is 16.5 Å². The van der Waals surface area contributed by atoms with Crippen molar-refractivity contribution in [3.8, 4) is 0 Å². The van der Waals surface area contributed by atoms with Gasteiger partial charge in [0.15, 0.2) is 0 Å². The number of para-hydroxylation sites is 1. The van der Waals surface area contributed by atoms with Crippen LogP contribution >= 0.6 is 0 Å². The summed E-state index contributed by atoms with van der Waals surface area (Å²) in [5.74, 6) is -12.9. The van der Waals surface area contributed by atoms with Gasteiger partial charge in [-0.2, -0.15) is 13.2 Å². The molecule has 0 aliphatic rings. The summed E-state index contributed by atoms with van der Waals surface area (Å²) < 4.78 is 31.7. The van der Waals surface area contributed by atoms with E-state index in [1.165, 1.54) is 6.20 Å². The van der Waals surface area contributed by atoms with Gasteiger partial charge in [-0.3, -0.25) is 38.4 Å². The van der Waals surface area contributed by atoms with Crippen molar-refractivity contribution in [1.29, 1.82) is 0 Å². The van der Waals surface area contributed by atoms with Crippen LogP contribution in [0.3, 0.4) is 0 Å². The molecule has 0 saturated carbocycles. The highest BCUT2D eigenvalue weighted by Crippen LogP contribution is 2.19. The fraction of sp³-hybridized carbons (Fsp3) is 0.379. The van der Waals surface area contributed by atoms with Gasteiger partial charge in [0, 0.05) is 23.5 Å². The second-order valence-corrected chi connectivity index (χ2v) is 11.2. The van der Waals surface area contributed by atoms with Crippen molar-refractivity contribution in [3.05, 3.63) is 36.0 Å². The minimum atomic E-state index is -5.08. The highest BCUT2D eigenvalue weighted by Gasteiger charge is 2.38. The summed E-state index contributed by atoms with van der Waals surface area (Å²) in [6.45, 7) is 0. The van der Waals surface area contributed by atoms with E-state index in [4.69, 9.17) is 38.6 Å². The minimum absolute atomic E-state index is 0.260. The molecule has 22 nitrogen and oxygen atoms in total. The third-order valence-corrected chi connectivity index (χ3v) is 6.83. The molecule has 54 heavy (non-hydrogen) atoms. The number of hydrogen-bond donors (Lipinski definition) is 12. The summed E-state index contributed by atoms with van der Waals surface area (Å²) in [7, 11) is 0. The number of aliphatic carboxylic acids is 2. The highest BCUT2D eigenvalue weighted by atomic mass is 19.4. The maximum atomic E-state index is 13.6. The fourth-order valence-electron chi connectivity index (χ4n) is 4.36. The van der Waals surface area contributed by atoms with E-state index in [2.05, 4.69) is 20.9 Å². The number of aromatic nitrogens is 1. The van der Waals surface area contributed by atoms with Crippen LogP contribution in [0.2, 0.25) is 0 Å². The van der Waals surface area contributed by atoms with E-state index >= 15 is 0 Å². The molecule has 0 bridgehead atoms. The van der Waals surface area contributed by atoms with Crippen LogP contribution < -0.4 is 49.9 Å². The third kappa shape index (κ3) is 15.6. The van der Waals surface area contributed by atoms with E-state index in [0.717, 1.165) is 0 Å². The summed E-state index contributed by atoms with van der Waals surface area (Å²) in [5, 5.41) is 25.9. The molecule has 0 aliphatic carbocycles. The first kappa shape index (κ1) is 45.2. The standard InChI is InChI=1S/C27H36N10O10.C2HF3O2/c28-13(6-19(29)38)23(42)34-16(7-20(30)39)25(44)35-15(5-11-10-33-14-4-2-1-3-12(11)14)24(43)36-17(8-21(31)40)26(45)37-18(27(46)47)9-22(32)41;3-2(4,5)1(6)7/h1-4,10,13,15-18,33H,5-9,28H2,(H2,29,38)(H2,30,39)(H2,31,40)(H2,32,41)(H,34,42)(H,35,44)(H,36,43)(H,37,45)(H,46,47);(H,6,7). The van der Waals surface area contributed by atoms with Crippen molar-refractivity contribution < 1.29 is 71.3 Å². The summed E-state index contributed by atoms with van der Waals surface area (Å²) in [4.78, 5) is 122. The van der Waals surface area contributed by atoms with Crippen LogP contribution in [-0.2, 0) is 54.4 Å². The first-order chi connectivity index (χ1) is 24.9. The number of H-pyrrole nitrogens is 1. The van der Waals surface area contributed by atoms with Gasteiger partial charge >= 0.3 is 18.1 Å². The Balaban J connectivity index is 0.00000189. The molecule has 0 spiro atoms. The van der Waals surface area contributed by atoms with Crippen LogP contribution in [0.25, 0.3) is 10.9 Å². The molecule has 296 valence electrons. The number of alkyl halides is 3. The molecule has 0 saturated heterocycles. The summed E-state index contributed by atoms with van der Waals surface area (Å²) >= 11 is 0. The van der Waals surface area contributed by atoms with Crippen LogP contribution in [0, 0.1) is 0 Å². The van der Waals surface area contributed by atoms with Crippen LogP contribution in [0.4, 0.5) is 13.2 Å². The average Bonchev–Trinajstić information content (AvgIpc) is 3.44. The number of carboxylic acids is 2. The summed E-state index contributed by atoms with van der Waals surface area (Å²) in [6, 6.07) is -1.45. The molecule has 8 amide bonds. The smallest absolute Gasteiger partial charge is 0.480 e. The van der Waals surface area contributed by atoms with E-state index in [1.54, 1.807) is 24.3 Å². The molecular weight excluding hydrogens is 737 g/mol. The number of nitrogens with one attached hydrogen (secondary N) is 5. The van der Waals surface area contributed by atoms with E-state index in [9.17, 15) is 61.4 Å². The lowest BCUT2D eigenvalue weighted by molar-refractivity contribution is -0.192. The number of hydrogen-bond acceptors (Lipinski definition) is 11. The Bertz CT molecular complexity index is 1770. The minimum Gasteiger partial charge on any atom is -0.480 e. The summed E-state index contributed by atoms with van der Waals surface area (Å²) in [5.41, 5.74) is 27.3. The Morgan fingerprint density at radius 3 is 1.46 bits per heavy atom. The number of halogens is 3. The number of carbonyl (C=O) groups excluding carboxylic acids is 8. The molecule has 5 atom stereocenters. The Morgan fingerprint density at radius 2 is 1.02 bits per heavy atom. The zero-order valence-corrected chi connectivity index (χ0v) is 27.8. The van der Waals surface area contributed by atoms with Gasteiger partial charge in [0.1, 0.15) is 24.2 Å². The van der Waals surface area contributed by atoms with Crippen LogP contribution in [0.1, 0.15) is 31.2 Å². The fourth-order valence-corrected chi connectivity index (χ4v) is 4.36. The number of aromatic amines is 1. The van der Waals surface area contributed by atoms with Crippen molar-refractivity contribution in [3.63, 3.8) is 0 Å². The van der Waals surface area contributed by atoms with Gasteiger partial charge in [0.05, 0.1) is 31.7 Å². The summed E-state index contributed by atoms with van der Waals surface area (Å²) in [6.07, 6.45) is -6.79. The number of primary amides is 4. The normalized spacial score (nSPS) is 13.6. The molecule has 17 N–H and O–H groups in total. The molecule has 25 heteroatoms. The highest BCUT2D eigenvalue weighted by molar-refractivity contribution is 5.99. The lowest BCUT2D eigenvalue weighted by Crippen LogP contribution is -2.60. The molecule has 1 aromatic carbocycles. The predicted molar refractivity (Wildman–Crippen MR) is 174 cm³/mol. The number of fused-ring (bicyclic) bond motifs is 1. The predicted octanol–water partition coefficient (Wildman–Crippen LogP) is -4.80. The SMILES string of the molecule is NC(=O)CC(N)C(=O)NC(CC(N)=O)C(=O)NC(Cc1c[nH]c2ccccc12)C(=O)NC(CC(N)=O)C(=O)NC(CC(N)=O)C(=O)O.O=C(O)C(F)(F)F. The van der Waals surface area contributed by atoms with Crippen molar-refractivity contribution in [1.82, 2.24) is 26.3 Å².